The van der Waals surface area contributed by atoms with Gasteiger partial charge in [-0.1, -0.05) is 48.0 Å². The summed E-state index contributed by atoms with van der Waals surface area (Å²) in [7, 11) is 0. The highest BCUT2D eigenvalue weighted by molar-refractivity contribution is 8.18. The lowest BCUT2D eigenvalue weighted by atomic mass is 10.1. The van der Waals surface area contributed by atoms with Crippen LogP contribution in [0.1, 0.15) is 22.3 Å². The lowest BCUT2D eigenvalue weighted by molar-refractivity contribution is -0.123. The van der Waals surface area contributed by atoms with E-state index in [0.717, 1.165) is 39.8 Å². The molecule has 0 radical (unpaired) electrons. The molecule has 0 saturated carbocycles. The summed E-state index contributed by atoms with van der Waals surface area (Å²) in [6.07, 6.45) is 1.72. The van der Waals surface area contributed by atoms with Crippen LogP contribution >= 0.6 is 23.4 Å². The van der Waals surface area contributed by atoms with E-state index in [-0.39, 0.29) is 24.3 Å². The Morgan fingerprint density at radius 3 is 2.53 bits per heavy atom. The zero-order valence-corrected chi connectivity index (χ0v) is 20.5. The van der Waals surface area contributed by atoms with Crippen LogP contribution in [-0.4, -0.2) is 29.2 Å². The first-order chi connectivity index (χ1) is 16.4. The van der Waals surface area contributed by atoms with Crippen molar-refractivity contribution in [2.45, 2.75) is 20.5 Å². The number of nitrogens with zero attached hydrogens (tertiary/aromatic N) is 1. The van der Waals surface area contributed by atoms with E-state index in [2.05, 4.69) is 0 Å². The van der Waals surface area contributed by atoms with Gasteiger partial charge in [-0.05, 0) is 84.3 Å². The number of imide groups is 1. The second-order valence-electron chi connectivity index (χ2n) is 7.94. The number of hydrogen-bond donors (Lipinski definition) is 0. The predicted molar refractivity (Wildman–Crippen MR) is 136 cm³/mol. The number of aryl methyl sites for hydroxylation is 2. The Bertz CT molecular complexity index is 1240. The minimum absolute atomic E-state index is 0.200. The number of hydrogen-bond acceptors (Lipinski definition) is 5. The van der Waals surface area contributed by atoms with E-state index in [1.54, 1.807) is 6.08 Å². The number of thioether (sulfide) groups is 1. The summed E-state index contributed by atoms with van der Waals surface area (Å²) >= 11 is 6.94. The van der Waals surface area contributed by atoms with Crippen LogP contribution in [0.5, 0.6) is 11.5 Å². The molecule has 4 rings (SSSR count). The van der Waals surface area contributed by atoms with E-state index in [4.69, 9.17) is 21.1 Å². The van der Waals surface area contributed by atoms with Crippen molar-refractivity contribution in [2.75, 3.05) is 13.2 Å². The van der Waals surface area contributed by atoms with Crippen LogP contribution in [0.4, 0.5) is 4.79 Å². The minimum Gasteiger partial charge on any atom is -0.491 e. The van der Waals surface area contributed by atoms with Crippen LogP contribution in [0.3, 0.4) is 0 Å². The average Bonchev–Trinajstić information content (AvgIpc) is 3.08. The van der Waals surface area contributed by atoms with Crippen LogP contribution in [0, 0.1) is 13.8 Å². The monoisotopic (exact) mass is 493 g/mol. The third-order valence-electron chi connectivity index (χ3n) is 5.26. The molecule has 7 heteroatoms. The lowest BCUT2D eigenvalue weighted by Gasteiger charge is -2.14. The van der Waals surface area contributed by atoms with Gasteiger partial charge in [0.25, 0.3) is 11.1 Å². The molecule has 0 atom stereocenters. The highest BCUT2D eigenvalue weighted by Crippen LogP contribution is 2.32. The van der Waals surface area contributed by atoms with E-state index in [1.165, 1.54) is 4.90 Å². The molecule has 2 amide bonds. The van der Waals surface area contributed by atoms with Crippen molar-refractivity contribution >= 4 is 40.6 Å². The third kappa shape index (κ3) is 6.01. The fraction of sp³-hybridized carbons (Fsp3) is 0.185. The largest absolute Gasteiger partial charge is 0.491 e. The highest BCUT2D eigenvalue weighted by atomic mass is 35.5. The lowest BCUT2D eigenvalue weighted by Crippen LogP contribution is -2.32. The first-order valence-electron chi connectivity index (χ1n) is 10.8. The fourth-order valence-electron chi connectivity index (χ4n) is 3.41. The summed E-state index contributed by atoms with van der Waals surface area (Å²) < 4.78 is 11.6. The Balaban J connectivity index is 1.33. The number of carbonyl (C=O) groups excluding carboxylic acids is 2. The minimum atomic E-state index is -0.305. The first-order valence-corrected chi connectivity index (χ1v) is 12.0. The summed E-state index contributed by atoms with van der Waals surface area (Å²) in [4.78, 5) is 26.8. The van der Waals surface area contributed by atoms with Gasteiger partial charge in [-0.15, -0.1) is 0 Å². The summed E-state index contributed by atoms with van der Waals surface area (Å²) in [5.41, 5.74) is 3.90. The second kappa shape index (κ2) is 10.8. The number of carbonyl (C=O) groups is 2. The maximum atomic E-state index is 12.8. The third-order valence-corrected chi connectivity index (χ3v) is 6.40. The van der Waals surface area contributed by atoms with Crippen molar-refractivity contribution in [1.82, 2.24) is 4.90 Å². The number of halogens is 1. The number of ether oxygens (including phenoxy) is 2. The van der Waals surface area contributed by atoms with E-state index in [0.29, 0.717) is 22.3 Å². The molecule has 0 bridgehead atoms. The number of benzene rings is 3. The van der Waals surface area contributed by atoms with Crippen LogP contribution < -0.4 is 9.47 Å². The summed E-state index contributed by atoms with van der Waals surface area (Å²) in [6, 6.07) is 20.8. The Kier molecular flexibility index (Phi) is 7.60. The Morgan fingerprint density at radius 2 is 1.76 bits per heavy atom. The van der Waals surface area contributed by atoms with Crippen molar-refractivity contribution in [3.63, 3.8) is 0 Å². The molecule has 3 aromatic rings. The van der Waals surface area contributed by atoms with Gasteiger partial charge in [0.2, 0.25) is 0 Å². The Morgan fingerprint density at radius 1 is 0.971 bits per heavy atom. The molecule has 1 aliphatic rings. The summed E-state index contributed by atoms with van der Waals surface area (Å²) in [6.45, 7) is 4.81. The van der Waals surface area contributed by atoms with E-state index >= 15 is 0 Å². The Hall–Kier alpha value is -3.22. The van der Waals surface area contributed by atoms with Gasteiger partial charge >= 0.3 is 0 Å². The van der Waals surface area contributed by atoms with Gasteiger partial charge in [0, 0.05) is 5.02 Å². The maximum Gasteiger partial charge on any atom is 0.293 e. The molecule has 0 unspecified atom stereocenters. The molecule has 3 aromatic carbocycles. The van der Waals surface area contributed by atoms with Gasteiger partial charge in [-0.25, -0.2) is 0 Å². The van der Waals surface area contributed by atoms with Crippen molar-refractivity contribution in [1.29, 1.82) is 0 Å². The predicted octanol–water partition coefficient (Wildman–Crippen LogP) is 6.65. The van der Waals surface area contributed by atoms with Crippen LogP contribution in [-0.2, 0) is 11.4 Å². The quantitative estimate of drug-likeness (QED) is 0.329. The maximum absolute atomic E-state index is 12.8. The van der Waals surface area contributed by atoms with Gasteiger partial charge in [-0.2, -0.15) is 0 Å². The molecule has 1 aliphatic heterocycles. The second-order valence-corrected chi connectivity index (χ2v) is 9.37. The molecule has 0 aliphatic carbocycles. The van der Waals surface area contributed by atoms with Crippen LogP contribution in [0.15, 0.2) is 71.6 Å². The molecule has 0 spiro atoms. The Labute approximate surface area is 208 Å². The van der Waals surface area contributed by atoms with Crippen molar-refractivity contribution in [3.8, 4) is 11.5 Å². The standard InChI is InChI=1S/C27H24ClNO4S/c1-18-6-7-19(2)24(14-18)32-13-12-29-26(30)25(34-27(29)31)16-20-8-10-23(11-9-20)33-17-21-4-3-5-22(28)15-21/h3-11,14-16H,12-13,17H2,1-2H3/b25-16-. The van der Waals surface area contributed by atoms with Crippen LogP contribution in [0.2, 0.25) is 5.02 Å². The molecule has 0 aromatic heterocycles. The molecular formula is C27H24ClNO4S. The zero-order valence-electron chi connectivity index (χ0n) is 18.9. The number of rotatable bonds is 8. The van der Waals surface area contributed by atoms with Gasteiger partial charge in [0.1, 0.15) is 24.7 Å². The number of amides is 2. The molecular weight excluding hydrogens is 470 g/mol. The van der Waals surface area contributed by atoms with Crippen molar-refractivity contribution in [2.24, 2.45) is 0 Å². The zero-order chi connectivity index (χ0) is 24.1. The van der Waals surface area contributed by atoms with E-state index < -0.39 is 0 Å². The van der Waals surface area contributed by atoms with E-state index in [1.807, 2.05) is 80.6 Å². The van der Waals surface area contributed by atoms with E-state index in [9.17, 15) is 9.59 Å². The summed E-state index contributed by atoms with van der Waals surface area (Å²) in [5.74, 6) is 1.16. The highest BCUT2D eigenvalue weighted by Gasteiger charge is 2.34. The van der Waals surface area contributed by atoms with Gasteiger partial charge < -0.3 is 9.47 Å². The smallest absolute Gasteiger partial charge is 0.293 e. The van der Waals surface area contributed by atoms with Gasteiger partial charge in [0.05, 0.1) is 11.4 Å². The van der Waals surface area contributed by atoms with Crippen LogP contribution in [0.25, 0.3) is 6.08 Å². The van der Waals surface area contributed by atoms with Gasteiger partial charge in [-0.3, -0.25) is 14.5 Å². The molecule has 1 saturated heterocycles. The molecule has 1 fully saturated rings. The fourth-order valence-corrected chi connectivity index (χ4v) is 4.49. The summed E-state index contributed by atoms with van der Waals surface area (Å²) in [5, 5.41) is 0.379. The SMILES string of the molecule is Cc1ccc(C)c(OCCN2C(=O)S/C(=C\c3ccc(OCc4cccc(Cl)c4)cc3)C2=O)c1. The molecule has 34 heavy (non-hydrogen) atoms. The topological polar surface area (TPSA) is 55.8 Å². The average molecular weight is 494 g/mol. The van der Waals surface area contributed by atoms with Crippen molar-refractivity contribution in [3.05, 3.63) is 98.9 Å². The normalized spacial score (nSPS) is 14.7. The molecule has 0 N–H and O–H groups in total. The molecule has 174 valence electrons. The first kappa shape index (κ1) is 23.9. The van der Waals surface area contributed by atoms with Gasteiger partial charge in [0.15, 0.2) is 0 Å². The molecule has 1 heterocycles. The van der Waals surface area contributed by atoms with Crippen molar-refractivity contribution < 1.29 is 19.1 Å². The molecule has 5 nitrogen and oxygen atoms in total.